The molecule has 1 amide bonds. The third kappa shape index (κ3) is 4.93. The number of benzene rings is 1. The zero-order valence-corrected chi connectivity index (χ0v) is 14.3. The van der Waals surface area contributed by atoms with E-state index in [9.17, 15) is 4.79 Å². The summed E-state index contributed by atoms with van der Waals surface area (Å²) in [7, 11) is 0. The largest absolute Gasteiger partial charge is 0.494 e. The zero-order chi connectivity index (χ0) is 17.5. The number of carbonyl (C=O) groups excluding carboxylic acids is 1. The van der Waals surface area contributed by atoms with Crippen LogP contribution in [0.15, 0.2) is 42.6 Å². The van der Waals surface area contributed by atoms with Crippen LogP contribution < -0.4 is 15.4 Å². The van der Waals surface area contributed by atoms with Crippen molar-refractivity contribution < 1.29 is 14.3 Å². The van der Waals surface area contributed by atoms with Gasteiger partial charge in [-0.1, -0.05) is 0 Å². The van der Waals surface area contributed by atoms with Gasteiger partial charge in [0.05, 0.1) is 24.6 Å². The summed E-state index contributed by atoms with van der Waals surface area (Å²) in [6.07, 6.45) is 4.14. The summed E-state index contributed by atoms with van der Waals surface area (Å²) < 4.78 is 11.0. The standard InChI is InChI=1S/C19H23N3O3/c1-2-24-16-8-5-14(6-9-16)22-19(23)18-10-7-15(12-21-18)20-13-17-4-3-11-25-17/h5-10,12,17,20H,2-4,11,13H2,1H3,(H,22,23). The minimum Gasteiger partial charge on any atom is -0.494 e. The number of ether oxygens (including phenoxy) is 2. The highest BCUT2D eigenvalue weighted by Crippen LogP contribution is 2.17. The molecule has 0 aliphatic carbocycles. The monoisotopic (exact) mass is 341 g/mol. The molecule has 1 aromatic carbocycles. The van der Waals surface area contributed by atoms with Crippen LogP contribution in [0.2, 0.25) is 0 Å². The number of rotatable bonds is 7. The summed E-state index contributed by atoms with van der Waals surface area (Å²) >= 11 is 0. The van der Waals surface area contributed by atoms with E-state index in [2.05, 4.69) is 15.6 Å². The highest BCUT2D eigenvalue weighted by atomic mass is 16.5. The lowest BCUT2D eigenvalue weighted by Gasteiger charge is -2.12. The fourth-order valence-electron chi connectivity index (χ4n) is 2.67. The lowest BCUT2D eigenvalue weighted by molar-refractivity contribution is 0.102. The van der Waals surface area contributed by atoms with Crippen LogP contribution in [0.5, 0.6) is 5.75 Å². The number of pyridine rings is 1. The Hall–Kier alpha value is -2.60. The van der Waals surface area contributed by atoms with E-state index < -0.39 is 0 Å². The van der Waals surface area contributed by atoms with E-state index in [1.807, 2.05) is 25.1 Å². The van der Waals surface area contributed by atoms with Gasteiger partial charge in [0.1, 0.15) is 11.4 Å². The van der Waals surface area contributed by atoms with Gasteiger partial charge >= 0.3 is 0 Å². The van der Waals surface area contributed by atoms with E-state index in [1.165, 1.54) is 0 Å². The Morgan fingerprint density at radius 1 is 1.24 bits per heavy atom. The van der Waals surface area contributed by atoms with Crippen molar-refractivity contribution in [1.29, 1.82) is 0 Å². The molecule has 1 unspecified atom stereocenters. The van der Waals surface area contributed by atoms with Crippen molar-refractivity contribution in [3.63, 3.8) is 0 Å². The lowest BCUT2D eigenvalue weighted by Crippen LogP contribution is -2.19. The quantitative estimate of drug-likeness (QED) is 0.808. The minimum atomic E-state index is -0.241. The van der Waals surface area contributed by atoms with Gasteiger partial charge in [0, 0.05) is 18.8 Å². The van der Waals surface area contributed by atoms with E-state index in [1.54, 1.807) is 24.4 Å². The molecule has 6 heteroatoms. The second-order valence-corrected chi connectivity index (χ2v) is 5.86. The second kappa shape index (κ2) is 8.48. The van der Waals surface area contributed by atoms with Crippen LogP contribution in [-0.2, 0) is 4.74 Å². The molecule has 1 aromatic heterocycles. The molecule has 1 saturated heterocycles. The Kier molecular flexibility index (Phi) is 5.85. The molecule has 6 nitrogen and oxygen atoms in total. The van der Waals surface area contributed by atoms with Gasteiger partial charge in [0.2, 0.25) is 0 Å². The van der Waals surface area contributed by atoms with Crippen molar-refractivity contribution in [1.82, 2.24) is 4.98 Å². The van der Waals surface area contributed by atoms with Gasteiger partial charge in [0.15, 0.2) is 0 Å². The molecule has 1 atom stereocenters. The molecule has 2 heterocycles. The Morgan fingerprint density at radius 2 is 2.04 bits per heavy atom. The molecular formula is C19H23N3O3. The number of anilines is 2. The Labute approximate surface area is 147 Å². The van der Waals surface area contributed by atoms with E-state index >= 15 is 0 Å². The van der Waals surface area contributed by atoms with E-state index in [-0.39, 0.29) is 12.0 Å². The summed E-state index contributed by atoms with van der Waals surface area (Å²) in [6.45, 7) is 4.15. The third-order valence-corrected chi connectivity index (χ3v) is 3.98. The van der Waals surface area contributed by atoms with Crippen LogP contribution >= 0.6 is 0 Å². The van der Waals surface area contributed by atoms with Crippen LogP contribution in [0, 0.1) is 0 Å². The molecule has 2 aromatic rings. The zero-order valence-electron chi connectivity index (χ0n) is 14.3. The maximum Gasteiger partial charge on any atom is 0.274 e. The Bertz CT molecular complexity index is 680. The maximum absolute atomic E-state index is 12.3. The second-order valence-electron chi connectivity index (χ2n) is 5.86. The lowest BCUT2D eigenvalue weighted by atomic mass is 10.2. The molecule has 0 radical (unpaired) electrons. The average molecular weight is 341 g/mol. The van der Waals surface area contributed by atoms with Crippen LogP contribution in [0.3, 0.4) is 0 Å². The van der Waals surface area contributed by atoms with E-state index in [0.717, 1.165) is 37.4 Å². The molecule has 132 valence electrons. The molecule has 2 N–H and O–H groups in total. The average Bonchev–Trinajstić information content (AvgIpc) is 3.16. The predicted molar refractivity (Wildman–Crippen MR) is 97.3 cm³/mol. The first-order chi connectivity index (χ1) is 12.2. The van der Waals surface area contributed by atoms with Gasteiger partial charge in [-0.2, -0.15) is 0 Å². The van der Waals surface area contributed by atoms with E-state index in [4.69, 9.17) is 9.47 Å². The molecular weight excluding hydrogens is 318 g/mol. The number of amides is 1. The number of hydrogen-bond acceptors (Lipinski definition) is 5. The highest BCUT2D eigenvalue weighted by Gasteiger charge is 2.15. The summed E-state index contributed by atoms with van der Waals surface area (Å²) in [4.78, 5) is 16.5. The maximum atomic E-state index is 12.3. The minimum absolute atomic E-state index is 0.241. The van der Waals surface area contributed by atoms with Crippen LogP contribution in [0.25, 0.3) is 0 Å². The van der Waals surface area contributed by atoms with Crippen molar-refractivity contribution in [2.24, 2.45) is 0 Å². The van der Waals surface area contributed by atoms with Gasteiger partial charge in [-0.05, 0) is 56.2 Å². The van der Waals surface area contributed by atoms with Crippen LogP contribution in [0.1, 0.15) is 30.3 Å². The first-order valence-electron chi connectivity index (χ1n) is 8.60. The van der Waals surface area contributed by atoms with Gasteiger partial charge in [-0.3, -0.25) is 4.79 Å². The smallest absolute Gasteiger partial charge is 0.274 e. The van der Waals surface area contributed by atoms with Crippen molar-refractivity contribution in [2.45, 2.75) is 25.9 Å². The normalized spacial score (nSPS) is 16.4. The molecule has 0 spiro atoms. The topological polar surface area (TPSA) is 72.5 Å². The number of nitrogens with zero attached hydrogens (tertiary/aromatic N) is 1. The third-order valence-electron chi connectivity index (χ3n) is 3.98. The molecule has 0 saturated carbocycles. The highest BCUT2D eigenvalue weighted by molar-refractivity contribution is 6.02. The summed E-state index contributed by atoms with van der Waals surface area (Å²) in [5.74, 6) is 0.537. The Balaban J connectivity index is 1.52. The summed E-state index contributed by atoms with van der Waals surface area (Å²) in [5, 5.41) is 6.11. The fourth-order valence-corrected chi connectivity index (χ4v) is 2.67. The number of hydrogen-bond donors (Lipinski definition) is 2. The summed E-state index contributed by atoms with van der Waals surface area (Å²) in [5.41, 5.74) is 1.96. The number of aromatic nitrogens is 1. The van der Waals surface area contributed by atoms with Gasteiger partial charge < -0.3 is 20.1 Å². The molecule has 1 fully saturated rings. The SMILES string of the molecule is CCOc1ccc(NC(=O)c2ccc(NCC3CCCO3)cn2)cc1. The number of nitrogens with one attached hydrogen (secondary N) is 2. The van der Waals surface area contributed by atoms with Crippen molar-refractivity contribution in [2.75, 3.05) is 30.4 Å². The van der Waals surface area contributed by atoms with Gasteiger partial charge in [0.25, 0.3) is 5.91 Å². The summed E-state index contributed by atoms with van der Waals surface area (Å²) in [6, 6.07) is 10.8. The molecule has 25 heavy (non-hydrogen) atoms. The van der Waals surface area contributed by atoms with Gasteiger partial charge in [-0.25, -0.2) is 4.98 Å². The first kappa shape index (κ1) is 17.2. The van der Waals surface area contributed by atoms with Crippen molar-refractivity contribution in [3.05, 3.63) is 48.3 Å². The molecule has 1 aliphatic heterocycles. The van der Waals surface area contributed by atoms with Gasteiger partial charge in [-0.15, -0.1) is 0 Å². The molecule has 0 bridgehead atoms. The predicted octanol–water partition coefficient (Wildman–Crippen LogP) is 3.32. The molecule has 1 aliphatic rings. The van der Waals surface area contributed by atoms with Crippen LogP contribution in [-0.4, -0.2) is 36.8 Å². The first-order valence-corrected chi connectivity index (χ1v) is 8.60. The van der Waals surface area contributed by atoms with Crippen LogP contribution in [0.4, 0.5) is 11.4 Å². The molecule has 3 rings (SSSR count). The van der Waals surface area contributed by atoms with Crippen molar-refractivity contribution in [3.8, 4) is 5.75 Å². The van der Waals surface area contributed by atoms with E-state index in [0.29, 0.717) is 18.0 Å². The number of carbonyl (C=O) groups is 1. The van der Waals surface area contributed by atoms with Crippen molar-refractivity contribution >= 4 is 17.3 Å². The fraction of sp³-hybridized carbons (Fsp3) is 0.368. The Morgan fingerprint density at radius 3 is 2.68 bits per heavy atom.